The van der Waals surface area contributed by atoms with Gasteiger partial charge in [0.1, 0.15) is 6.10 Å². The topological polar surface area (TPSA) is 27.7 Å². The van der Waals surface area contributed by atoms with E-state index in [-0.39, 0.29) is 18.5 Å². The number of ether oxygens (including phenoxy) is 3. The molecule has 0 N–H and O–H groups in total. The second kappa shape index (κ2) is 4.61. The fraction of sp³-hybridized carbons (Fsp3) is 1.00. The van der Waals surface area contributed by atoms with E-state index in [0.717, 1.165) is 17.1 Å². The molecule has 88 valence electrons. The zero-order valence-electron chi connectivity index (χ0n) is 8.91. The third-order valence-corrected chi connectivity index (χ3v) is 4.07. The highest BCUT2D eigenvalue weighted by Gasteiger charge is 2.53. The maximum atomic E-state index is 5.86. The van der Waals surface area contributed by atoms with E-state index in [1.54, 1.807) is 0 Å². The summed E-state index contributed by atoms with van der Waals surface area (Å²) < 4.78 is 17.4. The summed E-state index contributed by atoms with van der Waals surface area (Å²) in [6.07, 6.45) is 1.11. The van der Waals surface area contributed by atoms with Crippen LogP contribution in [0.5, 0.6) is 0 Å². The van der Waals surface area contributed by atoms with Crippen LogP contribution in [0, 0.1) is 5.92 Å². The van der Waals surface area contributed by atoms with Crippen LogP contribution < -0.4 is 0 Å². The third kappa shape index (κ3) is 2.41. The first-order valence-corrected chi connectivity index (χ1v) is 7.45. The molecule has 4 atom stereocenters. The predicted molar refractivity (Wildman–Crippen MR) is 64.4 cm³/mol. The Balaban J connectivity index is 2.04. The van der Waals surface area contributed by atoms with Crippen molar-refractivity contribution in [1.29, 1.82) is 0 Å². The molecule has 2 rings (SSSR count). The van der Waals surface area contributed by atoms with Gasteiger partial charge in [-0.05, 0) is 20.3 Å². The molecule has 0 unspecified atom stereocenters. The number of hydrogen-bond acceptors (Lipinski definition) is 3. The maximum Gasteiger partial charge on any atom is 0.187 e. The van der Waals surface area contributed by atoms with E-state index >= 15 is 0 Å². The van der Waals surface area contributed by atoms with Crippen molar-refractivity contribution in [3.05, 3.63) is 0 Å². The second-order valence-electron chi connectivity index (χ2n) is 4.44. The lowest BCUT2D eigenvalue weighted by atomic mass is 9.99. The van der Waals surface area contributed by atoms with Crippen LogP contribution in [0.15, 0.2) is 0 Å². The predicted octanol–water partition coefficient (Wildman–Crippen LogP) is 2.66. The summed E-state index contributed by atoms with van der Waals surface area (Å²) in [5.74, 6) is -0.121. The molecule has 2 aliphatic rings. The zero-order chi connectivity index (χ0) is 11.1. The molecule has 0 amide bonds. The summed E-state index contributed by atoms with van der Waals surface area (Å²) in [7, 11) is 0. The van der Waals surface area contributed by atoms with Crippen LogP contribution in [0.3, 0.4) is 0 Å². The Morgan fingerprint density at radius 1 is 1.20 bits per heavy atom. The molecule has 0 aromatic rings. The van der Waals surface area contributed by atoms with Crippen LogP contribution in [-0.2, 0) is 14.2 Å². The lowest BCUT2D eigenvalue weighted by Gasteiger charge is -2.24. The van der Waals surface area contributed by atoms with Crippen LogP contribution in [-0.4, -0.2) is 34.9 Å². The first kappa shape index (κ1) is 12.3. The molecule has 15 heavy (non-hydrogen) atoms. The highest BCUT2D eigenvalue weighted by atomic mass is 79.9. The zero-order valence-corrected chi connectivity index (χ0v) is 12.1. The Morgan fingerprint density at radius 3 is 2.53 bits per heavy atom. The average Bonchev–Trinajstić information content (AvgIpc) is 2.56. The van der Waals surface area contributed by atoms with Crippen molar-refractivity contribution < 1.29 is 14.2 Å². The van der Waals surface area contributed by atoms with Crippen LogP contribution in [0.25, 0.3) is 0 Å². The molecule has 0 aromatic carbocycles. The maximum absolute atomic E-state index is 5.86. The van der Waals surface area contributed by atoms with Crippen molar-refractivity contribution >= 4 is 31.9 Å². The van der Waals surface area contributed by atoms with Gasteiger partial charge in [-0.25, -0.2) is 0 Å². The van der Waals surface area contributed by atoms with Gasteiger partial charge in [-0.2, -0.15) is 0 Å². The van der Waals surface area contributed by atoms with Gasteiger partial charge in [0.15, 0.2) is 12.1 Å². The number of halogens is 2. The molecule has 3 nitrogen and oxygen atoms in total. The van der Waals surface area contributed by atoms with Gasteiger partial charge in [0.2, 0.25) is 0 Å². The molecule has 2 heterocycles. The molecule has 0 radical (unpaired) electrons. The number of alkyl halides is 2. The Hall–Kier alpha value is 0.840. The fourth-order valence-electron chi connectivity index (χ4n) is 2.21. The molecule has 2 saturated heterocycles. The molecule has 0 spiro atoms. The van der Waals surface area contributed by atoms with E-state index in [2.05, 4.69) is 31.9 Å². The number of fused-ring (bicyclic) bond motifs is 1. The van der Waals surface area contributed by atoms with Crippen molar-refractivity contribution in [2.24, 2.45) is 5.92 Å². The molecule has 0 saturated carbocycles. The van der Waals surface area contributed by atoms with Crippen molar-refractivity contribution in [3.63, 3.8) is 0 Å². The quantitative estimate of drug-likeness (QED) is 0.737. The van der Waals surface area contributed by atoms with E-state index in [4.69, 9.17) is 14.2 Å². The second-order valence-corrected chi connectivity index (χ2v) is 5.88. The summed E-state index contributed by atoms with van der Waals surface area (Å²) in [4.78, 5) is 0. The lowest BCUT2D eigenvalue weighted by Crippen LogP contribution is -2.31. The van der Waals surface area contributed by atoms with Crippen molar-refractivity contribution in [3.8, 4) is 0 Å². The van der Waals surface area contributed by atoms with Gasteiger partial charge in [0.25, 0.3) is 0 Å². The first-order chi connectivity index (χ1) is 7.07. The smallest absolute Gasteiger partial charge is 0.187 e. The van der Waals surface area contributed by atoms with Gasteiger partial charge >= 0.3 is 0 Å². The van der Waals surface area contributed by atoms with Crippen LogP contribution in [0.2, 0.25) is 0 Å². The summed E-state index contributed by atoms with van der Waals surface area (Å²) in [6.45, 7) is 3.86. The minimum atomic E-state index is -0.505. The normalized spacial score (nSPS) is 43.2. The monoisotopic (exact) mass is 342 g/mol. The molecular formula is C10H16Br2O3. The van der Waals surface area contributed by atoms with E-state index in [9.17, 15) is 0 Å². The number of hydrogen-bond donors (Lipinski definition) is 0. The molecule has 0 aromatic heterocycles. The molecule has 2 fully saturated rings. The van der Waals surface area contributed by atoms with Crippen molar-refractivity contribution in [2.75, 3.05) is 10.7 Å². The summed E-state index contributed by atoms with van der Waals surface area (Å²) in [5.41, 5.74) is 0. The Labute approximate surface area is 107 Å². The Bertz CT molecular complexity index is 235. The lowest BCUT2D eigenvalue weighted by molar-refractivity contribution is -0.209. The Kier molecular flexibility index (Phi) is 3.78. The minimum Gasteiger partial charge on any atom is -0.346 e. The standard InChI is InChI=1S/C10H16Br2O3/c1-10(2)14-8-6(5-12)7(3-4-11)13-9(8)15-10/h6-9H,3-5H2,1-2H3/t6-,7-,8-,9-/m1/s1. The molecular weight excluding hydrogens is 328 g/mol. The van der Waals surface area contributed by atoms with E-state index in [1.807, 2.05) is 13.8 Å². The summed E-state index contributed by atoms with van der Waals surface area (Å²) in [5, 5.41) is 1.84. The largest absolute Gasteiger partial charge is 0.346 e. The molecule has 2 aliphatic heterocycles. The first-order valence-electron chi connectivity index (χ1n) is 5.20. The van der Waals surface area contributed by atoms with Crippen LogP contribution in [0.1, 0.15) is 20.3 Å². The van der Waals surface area contributed by atoms with Gasteiger partial charge < -0.3 is 14.2 Å². The average molecular weight is 344 g/mol. The SMILES string of the molecule is CC1(C)O[C@H]2O[C@H](CCBr)[C@@H](CBr)[C@H]2O1. The van der Waals surface area contributed by atoms with Gasteiger partial charge in [-0.3, -0.25) is 0 Å². The Morgan fingerprint density at radius 2 is 1.93 bits per heavy atom. The molecule has 0 aliphatic carbocycles. The highest BCUT2D eigenvalue weighted by Crippen LogP contribution is 2.42. The van der Waals surface area contributed by atoms with Gasteiger partial charge in [-0.15, -0.1) is 0 Å². The summed E-state index contributed by atoms with van der Waals surface area (Å²) >= 11 is 6.97. The number of rotatable bonds is 3. The minimum absolute atomic E-state index is 0.0726. The highest BCUT2D eigenvalue weighted by molar-refractivity contribution is 9.09. The summed E-state index contributed by atoms with van der Waals surface area (Å²) in [6, 6.07) is 0. The molecule has 5 heteroatoms. The van der Waals surface area contributed by atoms with E-state index in [0.29, 0.717) is 5.92 Å². The van der Waals surface area contributed by atoms with Crippen molar-refractivity contribution in [1.82, 2.24) is 0 Å². The third-order valence-electron chi connectivity index (χ3n) is 2.87. The van der Waals surface area contributed by atoms with Crippen molar-refractivity contribution in [2.45, 2.75) is 44.6 Å². The van der Waals surface area contributed by atoms with E-state index in [1.165, 1.54) is 0 Å². The van der Waals surface area contributed by atoms with E-state index < -0.39 is 5.79 Å². The van der Waals surface area contributed by atoms with Crippen LogP contribution in [0.4, 0.5) is 0 Å². The fourth-order valence-corrected chi connectivity index (χ4v) is 3.45. The van der Waals surface area contributed by atoms with Crippen LogP contribution >= 0.6 is 31.9 Å². The molecule has 0 bridgehead atoms. The van der Waals surface area contributed by atoms with Gasteiger partial charge in [0.05, 0.1) is 6.10 Å². The van der Waals surface area contributed by atoms with Gasteiger partial charge in [-0.1, -0.05) is 31.9 Å². The van der Waals surface area contributed by atoms with Gasteiger partial charge in [0, 0.05) is 16.6 Å².